The van der Waals surface area contributed by atoms with E-state index < -0.39 is 0 Å². The number of pyridine rings is 1. The summed E-state index contributed by atoms with van der Waals surface area (Å²) in [6.07, 6.45) is 1.93. The van der Waals surface area contributed by atoms with E-state index in [2.05, 4.69) is 52.3 Å². The quantitative estimate of drug-likeness (QED) is 0.892. The van der Waals surface area contributed by atoms with Crippen molar-refractivity contribution in [1.29, 1.82) is 0 Å². The van der Waals surface area contributed by atoms with Crippen LogP contribution in [0.2, 0.25) is 0 Å². The summed E-state index contributed by atoms with van der Waals surface area (Å²) in [5, 5.41) is 7.83. The van der Waals surface area contributed by atoms with Gasteiger partial charge in [0.25, 0.3) is 0 Å². The van der Waals surface area contributed by atoms with Gasteiger partial charge in [0, 0.05) is 38.4 Å². The Bertz CT molecular complexity index is 592. The Morgan fingerprint density at radius 3 is 3.00 bits per heavy atom. The summed E-state index contributed by atoms with van der Waals surface area (Å²) in [4.78, 5) is 9.31. The first-order valence-electron chi connectivity index (χ1n) is 7.08. The molecule has 0 amide bonds. The molecular formula is C14H22N6. The number of rotatable bonds is 3. The fourth-order valence-corrected chi connectivity index (χ4v) is 2.65. The molecule has 1 N–H and O–H groups in total. The molecule has 2 aromatic rings. The Balaban J connectivity index is 1.69. The van der Waals surface area contributed by atoms with Gasteiger partial charge in [-0.2, -0.15) is 4.98 Å². The van der Waals surface area contributed by atoms with E-state index in [4.69, 9.17) is 0 Å². The molecule has 1 atom stereocenters. The van der Waals surface area contributed by atoms with E-state index >= 15 is 0 Å². The van der Waals surface area contributed by atoms with Gasteiger partial charge in [0.2, 0.25) is 5.95 Å². The third-order valence-electron chi connectivity index (χ3n) is 4.03. The minimum Gasteiger partial charge on any atom is -0.351 e. The van der Waals surface area contributed by atoms with Gasteiger partial charge < -0.3 is 10.2 Å². The van der Waals surface area contributed by atoms with Crippen molar-refractivity contribution in [3.05, 3.63) is 23.9 Å². The molecule has 0 radical (unpaired) electrons. The molecule has 3 heterocycles. The van der Waals surface area contributed by atoms with Gasteiger partial charge in [-0.1, -0.05) is 6.07 Å². The topological polar surface area (TPSA) is 48.7 Å². The van der Waals surface area contributed by atoms with Gasteiger partial charge in [-0.25, -0.2) is 4.52 Å². The largest absolute Gasteiger partial charge is 0.351 e. The summed E-state index contributed by atoms with van der Waals surface area (Å²) < 4.78 is 1.83. The molecule has 0 spiro atoms. The van der Waals surface area contributed by atoms with Crippen LogP contribution in [0.1, 0.15) is 5.56 Å². The summed E-state index contributed by atoms with van der Waals surface area (Å²) >= 11 is 0. The number of hydrogen-bond acceptors (Lipinski definition) is 5. The van der Waals surface area contributed by atoms with Crippen molar-refractivity contribution in [2.45, 2.75) is 13.0 Å². The summed E-state index contributed by atoms with van der Waals surface area (Å²) in [5.74, 6) is 0.709. The van der Waals surface area contributed by atoms with Crippen LogP contribution in [-0.2, 0) is 0 Å². The van der Waals surface area contributed by atoms with E-state index in [0.29, 0.717) is 12.0 Å². The van der Waals surface area contributed by atoms with Crippen LogP contribution in [0.5, 0.6) is 0 Å². The first kappa shape index (κ1) is 13.3. The molecule has 0 aliphatic carbocycles. The third kappa shape index (κ3) is 2.62. The maximum Gasteiger partial charge on any atom is 0.243 e. The zero-order valence-corrected chi connectivity index (χ0v) is 12.4. The van der Waals surface area contributed by atoms with Crippen molar-refractivity contribution in [1.82, 2.24) is 24.4 Å². The summed E-state index contributed by atoms with van der Waals surface area (Å²) in [5.41, 5.74) is 2.06. The highest BCUT2D eigenvalue weighted by atomic mass is 15.4. The van der Waals surface area contributed by atoms with E-state index in [1.165, 1.54) is 0 Å². The van der Waals surface area contributed by atoms with Crippen LogP contribution in [0, 0.1) is 6.92 Å². The second-order valence-corrected chi connectivity index (χ2v) is 5.67. The highest BCUT2D eigenvalue weighted by Gasteiger charge is 2.22. The second-order valence-electron chi connectivity index (χ2n) is 5.67. The third-order valence-corrected chi connectivity index (χ3v) is 4.03. The predicted octanol–water partition coefficient (Wildman–Crippen LogP) is 0.695. The Kier molecular flexibility index (Phi) is 3.58. The lowest BCUT2D eigenvalue weighted by atomic mass is 10.2. The number of nitrogens with one attached hydrogen (secondary N) is 1. The maximum atomic E-state index is 4.55. The molecule has 6 nitrogen and oxygen atoms in total. The van der Waals surface area contributed by atoms with Crippen molar-refractivity contribution in [3.8, 4) is 0 Å². The van der Waals surface area contributed by atoms with Gasteiger partial charge in [0.1, 0.15) is 0 Å². The van der Waals surface area contributed by atoms with Crippen molar-refractivity contribution in [2.24, 2.45) is 0 Å². The average Bonchev–Trinajstić information content (AvgIpc) is 2.84. The number of aromatic nitrogens is 3. The highest BCUT2D eigenvalue weighted by molar-refractivity contribution is 5.49. The van der Waals surface area contributed by atoms with Gasteiger partial charge in [0.15, 0.2) is 5.65 Å². The van der Waals surface area contributed by atoms with E-state index in [-0.39, 0.29) is 0 Å². The second kappa shape index (κ2) is 5.38. The smallest absolute Gasteiger partial charge is 0.243 e. The number of likely N-dealkylation sites (N-methyl/N-ethyl adjacent to an activating group) is 2. The molecule has 1 unspecified atom stereocenters. The van der Waals surface area contributed by atoms with E-state index in [0.717, 1.165) is 37.4 Å². The van der Waals surface area contributed by atoms with Gasteiger partial charge in [-0.05, 0) is 32.6 Å². The minimum absolute atomic E-state index is 0.501. The van der Waals surface area contributed by atoms with Crippen molar-refractivity contribution in [3.63, 3.8) is 0 Å². The zero-order valence-electron chi connectivity index (χ0n) is 12.4. The molecule has 0 aromatic carbocycles. The Morgan fingerprint density at radius 2 is 2.20 bits per heavy atom. The SMILES string of the molecule is Cc1cccn2nc(NCC3CN(C)CCN3C)nc12. The summed E-state index contributed by atoms with van der Waals surface area (Å²) in [6.45, 7) is 6.25. The van der Waals surface area contributed by atoms with Gasteiger partial charge >= 0.3 is 0 Å². The van der Waals surface area contributed by atoms with Crippen LogP contribution < -0.4 is 5.32 Å². The zero-order chi connectivity index (χ0) is 14.1. The Labute approximate surface area is 119 Å². The van der Waals surface area contributed by atoms with Crippen LogP contribution in [0.3, 0.4) is 0 Å². The van der Waals surface area contributed by atoms with Crippen molar-refractivity contribution < 1.29 is 0 Å². The molecule has 108 valence electrons. The van der Waals surface area contributed by atoms with Gasteiger partial charge in [-0.3, -0.25) is 4.90 Å². The maximum absolute atomic E-state index is 4.55. The Hall–Kier alpha value is -1.66. The summed E-state index contributed by atoms with van der Waals surface area (Å²) in [6, 6.07) is 4.55. The molecule has 1 saturated heterocycles. The minimum atomic E-state index is 0.501. The first-order chi connectivity index (χ1) is 9.63. The molecule has 20 heavy (non-hydrogen) atoms. The lowest BCUT2D eigenvalue weighted by Crippen LogP contribution is -2.52. The van der Waals surface area contributed by atoms with Crippen LogP contribution in [0.15, 0.2) is 18.3 Å². The van der Waals surface area contributed by atoms with Crippen LogP contribution >= 0.6 is 0 Å². The lowest BCUT2D eigenvalue weighted by Gasteiger charge is -2.37. The fraction of sp³-hybridized carbons (Fsp3) is 0.571. The molecule has 0 saturated carbocycles. The average molecular weight is 274 g/mol. The molecule has 1 aliphatic heterocycles. The number of fused-ring (bicyclic) bond motifs is 1. The van der Waals surface area contributed by atoms with E-state index in [9.17, 15) is 0 Å². The standard InChI is InChI=1S/C14H22N6/c1-11-5-4-6-20-13(11)16-14(17-20)15-9-12-10-18(2)7-8-19(12)3/h4-6,12H,7-10H2,1-3H3,(H,15,17). The monoisotopic (exact) mass is 274 g/mol. The highest BCUT2D eigenvalue weighted by Crippen LogP contribution is 2.11. The molecular weight excluding hydrogens is 252 g/mol. The number of piperazine rings is 1. The van der Waals surface area contributed by atoms with E-state index in [1.54, 1.807) is 0 Å². The number of nitrogens with zero attached hydrogens (tertiary/aromatic N) is 5. The van der Waals surface area contributed by atoms with E-state index in [1.807, 2.05) is 16.8 Å². The van der Waals surface area contributed by atoms with Gasteiger partial charge in [-0.15, -0.1) is 5.10 Å². The molecule has 2 aromatic heterocycles. The van der Waals surface area contributed by atoms with Crippen molar-refractivity contribution >= 4 is 11.6 Å². The van der Waals surface area contributed by atoms with Gasteiger partial charge in [0.05, 0.1) is 0 Å². The van der Waals surface area contributed by atoms with Crippen molar-refractivity contribution in [2.75, 3.05) is 45.6 Å². The molecule has 0 bridgehead atoms. The van der Waals surface area contributed by atoms with Crippen LogP contribution in [0.25, 0.3) is 5.65 Å². The number of hydrogen-bond donors (Lipinski definition) is 1. The predicted molar refractivity (Wildman–Crippen MR) is 80.1 cm³/mol. The molecule has 1 fully saturated rings. The molecule has 1 aliphatic rings. The summed E-state index contributed by atoms with van der Waals surface area (Å²) in [7, 11) is 4.35. The normalized spacial score (nSPS) is 21.4. The first-order valence-corrected chi connectivity index (χ1v) is 7.08. The Morgan fingerprint density at radius 1 is 1.35 bits per heavy atom. The van der Waals surface area contributed by atoms with Crippen LogP contribution in [-0.4, -0.2) is 70.7 Å². The lowest BCUT2D eigenvalue weighted by molar-refractivity contribution is 0.121. The molecule has 3 rings (SSSR count). The van der Waals surface area contributed by atoms with Crippen LogP contribution in [0.4, 0.5) is 5.95 Å². The number of aryl methyl sites for hydroxylation is 1. The number of anilines is 1. The fourth-order valence-electron chi connectivity index (χ4n) is 2.65. The molecule has 6 heteroatoms.